The number of alkyl halides is 7. The lowest BCUT2D eigenvalue weighted by Gasteiger charge is -2.38. The first kappa shape index (κ1) is 43.2. The van der Waals surface area contributed by atoms with Gasteiger partial charge < -0.3 is 9.47 Å². The van der Waals surface area contributed by atoms with Crippen molar-refractivity contribution < 1.29 is 40.0 Å². The summed E-state index contributed by atoms with van der Waals surface area (Å²) in [6, 6.07) is 35.4. The van der Waals surface area contributed by atoms with Gasteiger partial charge in [-0.1, -0.05) is 71.9 Å². The fourth-order valence-electron chi connectivity index (χ4n) is 6.32. The average molecular weight is 874 g/mol. The molecule has 0 fully saturated rings. The molecule has 58 heavy (non-hydrogen) atoms. The van der Waals surface area contributed by atoms with Crippen LogP contribution >= 0.6 is 35.0 Å². The molecule has 0 aliphatic carbocycles. The molecule has 0 radical (unpaired) electrons. The molecule has 1 unspecified atom stereocenters. The molecular formula is C45H36Cl2F6O3S2. The number of rotatable bonds is 12. The molecule has 0 heterocycles. The number of hydrogen-bond donors (Lipinski definition) is 0. The normalized spacial score (nSPS) is 13.2. The van der Waals surface area contributed by atoms with Crippen molar-refractivity contribution in [1.82, 2.24) is 0 Å². The number of hydrogen-bond acceptors (Lipinski definition) is 4. The first-order valence-corrected chi connectivity index (χ1v) is 20.5. The van der Waals surface area contributed by atoms with E-state index in [4.69, 9.17) is 32.7 Å². The van der Waals surface area contributed by atoms with Crippen LogP contribution in [0.3, 0.4) is 0 Å². The molecule has 0 bridgehead atoms. The zero-order valence-electron chi connectivity index (χ0n) is 31.4. The molecule has 0 saturated carbocycles. The second-order valence-electron chi connectivity index (χ2n) is 14.3. The van der Waals surface area contributed by atoms with E-state index in [1.54, 1.807) is 62.4 Å². The summed E-state index contributed by atoms with van der Waals surface area (Å²) >= 11 is 13.9. The van der Waals surface area contributed by atoms with Crippen molar-refractivity contribution in [3.8, 4) is 17.2 Å². The Bertz CT molecular complexity index is 2330. The van der Waals surface area contributed by atoms with Crippen LogP contribution in [-0.4, -0.2) is 16.6 Å². The van der Waals surface area contributed by atoms with Crippen molar-refractivity contribution in [2.45, 2.75) is 75.5 Å². The van der Waals surface area contributed by atoms with Gasteiger partial charge in [0.25, 0.3) is 0 Å². The van der Waals surface area contributed by atoms with Crippen LogP contribution in [0.15, 0.2) is 165 Å². The number of benzene rings is 6. The molecule has 6 aromatic rings. The van der Waals surface area contributed by atoms with Crippen LogP contribution in [0.2, 0.25) is 5.02 Å². The van der Waals surface area contributed by atoms with Crippen molar-refractivity contribution in [3.05, 3.63) is 173 Å². The Hall–Kier alpha value is -4.42. The summed E-state index contributed by atoms with van der Waals surface area (Å²) in [6.07, 6.45) is -11.6. The van der Waals surface area contributed by atoms with E-state index < -0.39 is 50.2 Å². The molecule has 6 aromatic carbocycles. The van der Waals surface area contributed by atoms with E-state index in [-0.39, 0.29) is 17.2 Å². The molecule has 0 N–H and O–H groups in total. The molecule has 302 valence electrons. The van der Waals surface area contributed by atoms with Gasteiger partial charge in [-0.15, -0.1) is 11.6 Å². The summed E-state index contributed by atoms with van der Waals surface area (Å²) in [5, 5.41) is 0.626. The van der Waals surface area contributed by atoms with E-state index >= 15 is 0 Å². The van der Waals surface area contributed by atoms with Crippen molar-refractivity contribution >= 4 is 45.8 Å². The zero-order chi connectivity index (χ0) is 42.1. The third-order valence-corrected chi connectivity index (χ3v) is 12.3. The van der Waals surface area contributed by atoms with Crippen LogP contribution in [-0.2, 0) is 26.7 Å². The van der Waals surface area contributed by atoms with Gasteiger partial charge in [0.1, 0.15) is 22.8 Å². The Labute approximate surface area is 349 Å². The van der Waals surface area contributed by atoms with E-state index in [1.807, 2.05) is 50.2 Å². The van der Waals surface area contributed by atoms with E-state index in [0.717, 1.165) is 69.4 Å². The maximum atomic E-state index is 14.9. The predicted octanol–water partition coefficient (Wildman–Crippen LogP) is 14.6. The molecule has 1 atom stereocenters. The predicted molar refractivity (Wildman–Crippen MR) is 218 cm³/mol. The lowest BCUT2D eigenvalue weighted by molar-refractivity contribution is -0.288. The zero-order valence-corrected chi connectivity index (χ0v) is 34.6. The molecule has 6 rings (SSSR count). The Morgan fingerprint density at radius 2 is 0.862 bits per heavy atom. The third-order valence-electron chi connectivity index (χ3n) is 9.43. The number of ether oxygens (including phenoxy) is 2. The lowest BCUT2D eigenvalue weighted by Crippen LogP contribution is -2.54. The Balaban J connectivity index is 1.19. The average Bonchev–Trinajstić information content (AvgIpc) is 3.16. The van der Waals surface area contributed by atoms with Crippen molar-refractivity contribution in [3.63, 3.8) is 0 Å². The maximum Gasteiger partial charge on any atom is 0.411 e. The van der Waals surface area contributed by atoms with Gasteiger partial charge in [0.05, 0.1) is 15.7 Å². The molecule has 0 amide bonds. The van der Waals surface area contributed by atoms with E-state index in [2.05, 4.69) is 0 Å². The third kappa shape index (κ3) is 9.38. The standard InChI is InChI=1S/C45H36Cl2F6O3S2/c1-41(2,47)29-11-25-39(26-12-29)58(54)40-27-19-35(20-28-40)55-34-15-5-31(6-16-34)43(44(48,49)50,45(51,52)53)32-7-17-36(18-8-32)56-42(3,4)30-9-21-37(22-10-30)57-38-23-13-33(46)14-24-38/h5-28H,1-4H3. The Morgan fingerprint density at radius 3 is 1.29 bits per heavy atom. The van der Waals surface area contributed by atoms with Crippen LogP contribution in [0.1, 0.15) is 49.9 Å². The topological polar surface area (TPSA) is 35.5 Å². The van der Waals surface area contributed by atoms with Gasteiger partial charge in [-0.3, -0.25) is 0 Å². The van der Waals surface area contributed by atoms with E-state index in [1.165, 1.54) is 23.9 Å². The Morgan fingerprint density at radius 1 is 0.500 bits per heavy atom. The summed E-state index contributed by atoms with van der Waals surface area (Å²) in [7, 11) is -1.53. The molecule has 0 aliphatic heterocycles. The first-order chi connectivity index (χ1) is 27.2. The van der Waals surface area contributed by atoms with E-state index in [0.29, 0.717) is 14.8 Å². The van der Waals surface area contributed by atoms with Crippen LogP contribution in [0, 0.1) is 0 Å². The smallest absolute Gasteiger partial charge is 0.411 e. The van der Waals surface area contributed by atoms with Crippen LogP contribution in [0.25, 0.3) is 0 Å². The van der Waals surface area contributed by atoms with Gasteiger partial charge in [-0.2, -0.15) is 26.3 Å². The highest BCUT2D eigenvalue weighted by Crippen LogP contribution is 2.56. The fraction of sp³-hybridized carbons (Fsp3) is 0.200. The molecule has 0 aromatic heterocycles. The minimum atomic E-state index is -5.78. The summed E-state index contributed by atoms with van der Waals surface area (Å²) in [6.45, 7) is 7.19. The van der Waals surface area contributed by atoms with Gasteiger partial charge in [-0.05, 0) is 147 Å². The molecule has 0 saturated heterocycles. The van der Waals surface area contributed by atoms with E-state index in [9.17, 15) is 30.6 Å². The van der Waals surface area contributed by atoms with Crippen LogP contribution < -0.4 is 9.47 Å². The van der Waals surface area contributed by atoms with Crippen molar-refractivity contribution in [1.29, 1.82) is 0 Å². The largest absolute Gasteiger partial charge is 0.483 e. The highest BCUT2D eigenvalue weighted by Gasteiger charge is 2.72. The second-order valence-corrected chi connectivity index (χ2v) is 18.3. The van der Waals surface area contributed by atoms with Gasteiger partial charge in [0.2, 0.25) is 5.41 Å². The van der Waals surface area contributed by atoms with Crippen molar-refractivity contribution in [2.75, 3.05) is 0 Å². The fourth-order valence-corrected chi connectivity index (χ4v) is 8.43. The summed E-state index contributed by atoms with van der Waals surface area (Å²) in [5.41, 5.74) is -5.83. The quantitative estimate of drug-likeness (QED) is 0.0906. The first-order valence-electron chi connectivity index (χ1n) is 17.7. The summed E-state index contributed by atoms with van der Waals surface area (Å²) in [5.74, 6) is 0.313. The van der Waals surface area contributed by atoms with Gasteiger partial charge in [-0.25, -0.2) is 4.21 Å². The summed E-state index contributed by atoms with van der Waals surface area (Å²) < 4.78 is 115. The molecule has 13 heteroatoms. The Kier molecular flexibility index (Phi) is 12.4. The minimum absolute atomic E-state index is 0.00210. The number of halogens is 8. The highest BCUT2D eigenvalue weighted by atomic mass is 35.5. The van der Waals surface area contributed by atoms with Gasteiger partial charge in [0, 0.05) is 24.6 Å². The molecule has 0 spiro atoms. The molecular weight excluding hydrogens is 838 g/mol. The lowest BCUT2D eigenvalue weighted by atomic mass is 9.73. The van der Waals surface area contributed by atoms with Crippen LogP contribution in [0.5, 0.6) is 17.2 Å². The molecule has 0 aliphatic rings. The second kappa shape index (κ2) is 16.7. The molecule has 3 nitrogen and oxygen atoms in total. The summed E-state index contributed by atoms with van der Waals surface area (Å²) in [4.78, 5) is 2.34. The van der Waals surface area contributed by atoms with Crippen LogP contribution in [0.4, 0.5) is 26.3 Å². The van der Waals surface area contributed by atoms with Crippen molar-refractivity contribution in [2.24, 2.45) is 0 Å². The highest BCUT2D eigenvalue weighted by molar-refractivity contribution is 7.99. The maximum absolute atomic E-state index is 14.9. The van der Waals surface area contributed by atoms with Gasteiger partial charge >= 0.3 is 12.4 Å². The minimum Gasteiger partial charge on any atom is -0.483 e. The monoisotopic (exact) mass is 872 g/mol. The van der Waals surface area contributed by atoms with Gasteiger partial charge in [0.15, 0.2) is 0 Å². The SMILES string of the molecule is CC(C)(Cl)c1ccc(S(=O)c2ccc(Oc3ccc(C(c4ccc(OC(C)(C)c5ccc(Sc6ccc(Cl)cc6)cc5)cc4)(C(F)(F)F)C(F)(F)F)cc3)cc2)cc1.